The minimum absolute atomic E-state index is 0.0447. The van der Waals surface area contributed by atoms with Crippen molar-refractivity contribution >= 4 is 29.3 Å². The molecule has 0 bridgehead atoms. The molecule has 2 aliphatic heterocycles. The molecule has 2 aliphatic rings. The summed E-state index contributed by atoms with van der Waals surface area (Å²) in [5.41, 5.74) is 5.63. The van der Waals surface area contributed by atoms with E-state index in [1.54, 1.807) is 62.4 Å². The normalized spacial score (nSPS) is 19.3. The zero-order valence-corrected chi connectivity index (χ0v) is 19.3. The molecule has 34 heavy (non-hydrogen) atoms. The number of esters is 2. The van der Waals surface area contributed by atoms with Crippen LogP contribution in [-0.2, 0) is 34.0 Å². The summed E-state index contributed by atoms with van der Waals surface area (Å²) in [6.45, 7) is 5.54. The Morgan fingerprint density at radius 1 is 0.912 bits per heavy atom. The average Bonchev–Trinajstić information content (AvgIpc) is 3.07. The summed E-state index contributed by atoms with van der Waals surface area (Å²) >= 11 is 0. The fraction of sp³-hybridized carbons (Fsp3) is 0.269. The predicted molar refractivity (Wildman–Crippen MR) is 125 cm³/mol. The SMILES string of the molecule is CCOC(=O)C1=C(N)OC(c2ccccc2)=C(C(=O)OCC)C12C(=O)N(CC)c1ccccc12. The third-order valence-corrected chi connectivity index (χ3v) is 5.91. The molecule has 0 aliphatic carbocycles. The van der Waals surface area contributed by atoms with Gasteiger partial charge in [-0.2, -0.15) is 0 Å². The second-order valence-electron chi connectivity index (χ2n) is 7.67. The van der Waals surface area contributed by atoms with E-state index in [0.29, 0.717) is 23.4 Å². The number of fused-ring (bicyclic) bond motifs is 2. The molecule has 1 unspecified atom stereocenters. The maximum absolute atomic E-state index is 14.3. The van der Waals surface area contributed by atoms with Crippen molar-refractivity contribution in [2.24, 2.45) is 5.73 Å². The van der Waals surface area contributed by atoms with Gasteiger partial charge in [-0.05, 0) is 26.8 Å². The molecule has 0 saturated carbocycles. The Labute approximate surface area is 197 Å². The lowest BCUT2D eigenvalue weighted by Crippen LogP contribution is -2.50. The average molecular weight is 463 g/mol. The van der Waals surface area contributed by atoms with E-state index in [0.717, 1.165) is 0 Å². The van der Waals surface area contributed by atoms with Gasteiger partial charge < -0.3 is 24.8 Å². The van der Waals surface area contributed by atoms with Crippen molar-refractivity contribution in [2.75, 3.05) is 24.7 Å². The highest BCUT2D eigenvalue weighted by Gasteiger charge is 2.64. The summed E-state index contributed by atoms with van der Waals surface area (Å²) in [5.74, 6) is -2.36. The Kier molecular flexibility index (Phi) is 6.15. The summed E-state index contributed by atoms with van der Waals surface area (Å²) in [6.07, 6.45) is 0. The van der Waals surface area contributed by atoms with Crippen LogP contribution >= 0.6 is 0 Å². The van der Waals surface area contributed by atoms with Crippen LogP contribution in [0.25, 0.3) is 5.76 Å². The van der Waals surface area contributed by atoms with Crippen LogP contribution in [0.3, 0.4) is 0 Å². The van der Waals surface area contributed by atoms with Crippen LogP contribution in [0.4, 0.5) is 5.69 Å². The van der Waals surface area contributed by atoms with Crippen molar-refractivity contribution < 1.29 is 28.6 Å². The summed E-state index contributed by atoms with van der Waals surface area (Å²) in [4.78, 5) is 42.7. The zero-order valence-electron chi connectivity index (χ0n) is 19.3. The van der Waals surface area contributed by atoms with E-state index in [9.17, 15) is 14.4 Å². The van der Waals surface area contributed by atoms with Gasteiger partial charge in [0, 0.05) is 23.4 Å². The molecule has 0 saturated heterocycles. The summed E-state index contributed by atoms with van der Waals surface area (Å²) in [5, 5.41) is 0. The molecule has 176 valence electrons. The predicted octanol–water partition coefficient (Wildman–Crippen LogP) is 3.03. The summed E-state index contributed by atoms with van der Waals surface area (Å²) < 4.78 is 16.6. The van der Waals surface area contributed by atoms with Crippen molar-refractivity contribution in [2.45, 2.75) is 26.2 Å². The number of likely N-dealkylation sites (N-methyl/N-ethyl adjacent to an activating group) is 1. The molecule has 4 rings (SSSR count). The molecule has 0 radical (unpaired) electrons. The number of amides is 1. The standard InChI is InChI=1S/C26H26N2O6/c1-4-28-18-15-11-10-14-17(18)26(25(28)31)19(23(29)32-5-2)21(16-12-8-7-9-13-16)34-22(27)20(26)24(30)33-6-3/h7-15H,4-6,27H2,1-3H3. The molecular formula is C26H26N2O6. The first kappa shape index (κ1) is 23.1. The molecule has 0 fully saturated rings. The van der Waals surface area contributed by atoms with Crippen molar-refractivity contribution in [3.05, 3.63) is 82.8 Å². The van der Waals surface area contributed by atoms with Crippen LogP contribution in [-0.4, -0.2) is 37.6 Å². The number of carbonyl (C=O) groups is 3. The van der Waals surface area contributed by atoms with Crippen LogP contribution < -0.4 is 10.6 Å². The van der Waals surface area contributed by atoms with Crippen LogP contribution in [0, 0.1) is 0 Å². The van der Waals surface area contributed by atoms with Gasteiger partial charge in [-0.3, -0.25) is 4.79 Å². The second-order valence-corrected chi connectivity index (χ2v) is 7.67. The molecule has 1 amide bonds. The number of rotatable bonds is 6. The Morgan fingerprint density at radius 2 is 1.50 bits per heavy atom. The Hall–Kier alpha value is -4.07. The van der Waals surface area contributed by atoms with Crippen LogP contribution in [0.1, 0.15) is 31.9 Å². The van der Waals surface area contributed by atoms with E-state index in [1.807, 2.05) is 13.0 Å². The number of hydrogen-bond donors (Lipinski definition) is 1. The number of nitrogens with two attached hydrogens (primary N) is 1. The molecule has 2 heterocycles. The van der Waals surface area contributed by atoms with Gasteiger partial charge in [0.15, 0.2) is 0 Å². The molecule has 8 heteroatoms. The number of nitrogens with zero attached hydrogens (tertiary/aromatic N) is 1. The van der Waals surface area contributed by atoms with E-state index in [2.05, 4.69) is 0 Å². The first-order chi connectivity index (χ1) is 16.4. The van der Waals surface area contributed by atoms with Crippen LogP contribution in [0.5, 0.6) is 0 Å². The van der Waals surface area contributed by atoms with E-state index in [-0.39, 0.29) is 36.0 Å². The van der Waals surface area contributed by atoms with E-state index in [1.165, 1.54) is 4.90 Å². The molecule has 1 spiro atoms. The fourth-order valence-corrected chi connectivity index (χ4v) is 4.64. The van der Waals surface area contributed by atoms with Gasteiger partial charge in [0.1, 0.15) is 22.3 Å². The largest absolute Gasteiger partial charge is 0.462 e. The number of para-hydroxylation sites is 1. The van der Waals surface area contributed by atoms with Gasteiger partial charge in [-0.1, -0.05) is 48.5 Å². The molecule has 2 aromatic carbocycles. The highest BCUT2D eigenvalue weighted by Crippen LogP contribution is 2.55. The van der Waals surface area contributed by atoms with Crippen molar-refractivity contribution in [1.82, 2.24) is 0 Å². The van der Waals surface area contributed by atoms with Gasteiger partial charge in [0.2, 0.25) is 11.8 Å². The number of anilines is 1. The van der Waals surface area contributed by atoms with Gasteiger partial charge in [0.25, 0.3) is 0 Å². The van der Waals surface area contributed by atoms with Gasteiger partial charge in [-0.25, -0.2) is 9.59 Å². The van der Waals surface area contributed by atoms with Crippen molar-refractivity contribution in [3.63, 3.8) is 0 Å². The van der Waals surface area contributed by atoms with Crippen LogP contribution in [0.15, 0.2) is 71.6 Å². The zero-order chi connectivity index (χ0) is 24.5. The minimum Gasteiger partial charge on any atom is -0.462 e. The van der Waals surface area contributed by atoms with E-state index < -0.39 is 23.3 Å². The third kappa shape index (κ3) is 3.25. The molecule has 2 N–H and O–H groups in total. The number of hydrogen-bond acceptors (Lipinski definition) is 7. The third-order valence-electron chi connectivity index (χ3n) is 5.91. The number of benzene rings is 2. The first-order valence-electron chi connectivity index (χ1n) is 11.2. The van der Waals surface area contributed by atoms with E-state index in [4.69, 9.17) is 19.9 Å². The van der Waals surface area contributed by atoms with Gasteiger partial charge in [0.05, 0.1) is 13.2 Å². The lowest BCUT2D eigenvalue weighted by Gasteiger charge is -2.36. The maximum atomic E-state index is 14.3. The quantitative estimate of drug-likeness (QED) is 0.658. The van der Waals surface area contributed by atoms with Crippen molar-refractivity contribution in [1.29, 1.82) is 0 Å². The smallest absolute Gasteiger partial charge is 0.341 e. The fourth-order valence-electron chi connectivity index (χ4n) is 4.64. The number of ether oxygens (including phenoxy) is 3. The molecule has 0 aromatic heterocycles. The van der Waals surface area contributed by atoms with Gasteiger partial charge in [-0.15, -0.1) is 0 Å². The second kappa shape index (κ2) is 9.05. The molecule has 8 nitrogen and oxygen atoms in total. The van der Waals surface area contributed by atoms with Crippen LogP contribution in [0.2, 0.25) is 0 Å². The lowest BCUT2D eigenvalue weighted by molar-refractivity contribution is -0.143. The monoisotopic (exact) mass is 462 g/mol. The maximum Gasteiger partial charge on any atom is 0.341 e. The van der Waals surface area contributed by atoms with E-state index >= 15 is 0 Å². The first-order valence-corrected chi connectivity index (χ1v) is 11.2. The van der Waals surface area contributed by atoms with Gasteiger partial charge >= 0.3 is 11.9 Å². The molecular weight excluding hydrogens is 436 g/mol. The topological polar surface area (TPSA) is 108 Å². The molecule has 1 atom stereocenters. The Balaban J connectivity index is 2.16. The lowest BCUT2D eigenvalue weighted by atomic mass is 9.67. The molecule has 2 aromatic rings. The summed E-state index contributed by atoms with van der Waals surface area (Å²) in [6, 6.07) is 15.8. The number of carbonyl (C=O) groups excluding carboxylic acids is 3. The minimum atomic E-state index is -1.89. The van der Waals surface area contributed by atoms with Crippen molar-refractivity contribution in [3.8, 4) is 0 Å². The highest BCUT2D eigenvalue weighted by molar-refractivity contribution is 6.24. The Morgan fingerprint density at radius 3 is 2.12 bits per heavy atom. The summed E-state index contributed by atoms with van der Waals surface area (Å²) in [7, 11) is 0. The Bertz CT molecular complexity index is 1220. The highest BCUT2D eigenvalue weighted by atomic mass is 16.5.